The number of benzene rings is 3. The van der Waals surface area contributed by atoms with Crippen molar-refractivity contribution in [1.82, 2.24) is 9.78 Å². The number of halogens is 4. The summed E-state index contributed by atoms with van der Waals surface area (Å²) in [6.07, 6.45) is 1.54. The molecule has 0 radical (unpaired) electrons. The highest BCUT2D eigenvalue weighted by Gasteiger charge is 2.35. The maximum atomic E-state index is 14.7. The molecule has 3 aromatic carbocycles. The van der Waals surface area contributed by atoms with Crippen molar-refractivity contribution in [2.45, 2.75) is 19.5 Å². The number of aromatic carboxylic acids is 1. The molecule has 5 rings (SSSR count). The number of fused-ring (bicyclic) bond motifs is 1. The minimum absolute atomic E-state index is 0.000928. The number of carbonyl (C=O) groups is 2. The number of hydrogen-bond acceptors (Lipinski definition) is 6. The average Bonchev–Trinajstić information content (AvgIpc) is 3.48. The van der Waals surface area contributed by atoms with E-state index in [0.717, 1.165) is 17.0 Å². The number of rotatable bonds is 9. The van der Waals surface area contributed by atoms with E-state index in [1.165, 1.54) is 47.4 Å². The molecule has 0 aliphatic carbocycles. The molecule has 0 saturated heterocycles. The van der Waals surface area contributed by atoms with Gasteiger partial charge in [0.15, 0.2) is 5.75 Å². The minimum atomic E-state index is -3.36. The number of carboxylic acid groups (broad SMARTS) is 1. The van der Waals surface area contributed by atoms with Crippen molar-refractivity contribution in [2.75, 3.05) is 31.3 Å². The van der Waals surface area contributed by atoms with Crippen LogP contribution in [0.3, 0.4) is 0 Å². The summed E-state index contributed by atoms with van der Waals surface area (Å²) in [6.45, 7) is -6.64. The van der Waals surface area contributed by atoms with Crippen LogP contribution >= 0.6 is 23.2 Å². The first-order valence-electron chi connectivity index (χ1n) is 14.7. The van der Waals surface area contributed by atoms with Gasteiger partial charge in [-0.25, -0.2) is 18.4 Å². The molecule has 1 aromatic heterocycles. The van der Waals surface area contributed by atoms with E-state index in [2.05, 4.69) is 5.10 Å². The molecular weight excluding hydrogens is 607 g/mol. The lowest BCUT2D eigenvalue weighted by Crippen LogP contribution is -2.48. The Kier molecular flexibility index (Phi) is 7.54. The molecule has 1 unspecified atom stereocenters. The van der Waals surface area contributed by atoms with Crippen LogP contribution in [0.25, 0.3) is 11.1 Å². The van der Waals surface area contributed by atoms with E-state index in [1.807, 2.05) is 0 Å². The van der Waals surface area contributed by atoms with Crippen molar-refractivity contribution in [1.29, 1.82) is 0 Å². The fourth-order valence-corrected chi connectivity index (χ4v) is 4.86. The van der Waals surface area contributed by atoms with Gasteiger partial charge in [-0.05, 0) is 37.3 Å². The number of alkyl halides is 1. The largest absolute Gasteiger partial charge is 0.490 e. The molecule has 224 valence electrons. The molecule has 1 aliphatic rings. The number of nitrogens with zero attached hydrogens (tertiary/aromatic N) is 3. The van der Waals surface area contributed by atoms with E-state index in [-0.39, 0.29) is 51.5 Å². The molecule has 4 aromatic rings. The fraction of sp³-hybridized carbons (Fsp3) is 0.233. The molecule has 1 amide bonds. The number of carbonyl (C=O) groups excluding carboxylic acids is 1. The SMILES string of the molecule is [2H]C([2H])(OC(=O)N1c2cccc(-c3cnn(Cc4c(F)cc(C(=O)O)cc4Cl)c3)c2OCC1CF)C([2H])([2H])Oc1cccc(Cl)c1C. The molecule has 0 saturated carbocycles. The van der Waals surface area contributed by atoms with Gasteiger partial charge in [0.05, 0.1) is 29.5 Å². The molecule has 0 fully saturated rings. The highest BCUT2D eigenvalue weighted by molar-refractivity contribution is 6.32. The zero-order chi connectivity index (χ0) is 34.3. The summed E-state index contributed by atoms with van der Waals surface area (Å²) < 4.78 is 79.2. The third-order valence-electron chi connectivity index (χ3n) is 6.63. The van der Waals surface area contributed by atoms with Crippen LogP contribution in [0.4, 0.5) is 19.3 Å². The predicted octanol–water partition coefficient (Wildman–Crippen LogP) is 6.80. The lowest BCUT2D eigenvalue weighted by Gasteiger charge is -2.35. The fourth-order valence-electron chi connectivity index (χ4n) is 4.42. The monoisotopic (exact) mass is 635 g/mol. The Hall–Kier alpha value is -4.35. The van der Waals surface area contributed by atoms with Crippen molar-refractivity contribution < 1.29 is 43.2 Å². The van der Waals surface area contributed by atoms with E-state index < -0.39 is 43.7 Å². The van der Waals surface area contributed by atoms with Crippen LogP contribution in [0.2, 0.25) is 10.0 Å². The first-order chi connectivity index (χ1) is 22.1. The van der Waals surface area contributed by atoms with Gasteiger partial charge in [0, 0.05) is 38.5 Å². The quantitative estimate of drug-likeness (QED) is 0.216. The van der Waals surface area contributed by atoms with Gasteiger partial charge in [0.2, 0.25) is 0 Å². The Morgan fingerprint density at radius 3 is 2.72 bits per heavy atom. The van der Waals surface area contributed by atoms with E-state index in [1.54, 1.807) is 13.0 Å². The first kappa shape index (κ1) is 25.2. The predicted molar refractivity (Wildman–Crippen MR) is 156 cm³/mol. The van der Waals surface area contributed by atoms with Gasteiger partial charge in [0.1, 0.15) is 44.0 Å². The Balaban J connectivity index is 1.41. The highest BCUT2D eigenvalue weighted by Crippen LogP contribution is 2.42. The lowest BCUT2D eigenvalue weighted by atomic mass is 10.0. The van der Waals surface area contributed by atoms with E-state index >= 15 is 0 Å². The van der Waals surface area contributed by atoms with Gasteiger partial charge in [-0.2, -0.15) is 5.10 Å². The van der Waals surface area contributed by atoms with Crippen molar-refractivity contribution in [3.05, 3.63) is 93.5 Å². The summed E-state index contributed by atoms with van der Waals surface area (Å²) in [5.74, 6) is -2.15. The summed E-state index contributed by atoms with van der Waals surface area (Å²) in [5, 5.41) is 13.5. The van der Waals surface area contributed by atoms with Crippen LogP contribution in [0, 0.1) is 12.7 Å². The van der Waals surface area contributed by atoms with Crippen molar-refractivity contribution in [3.63, 3.8) is 0 Å². The molecule has 0 spiro atoms. The van der Waals surface area contributed by atoms with Crippen molar-refractivity contribution in [3.8, 4) is 22.6 Å². The summed E-state index contributed by atoms with van der Waals surface area (Å²) in [7, 11) is 0. The topological polar surface area (TPSA) is 103 Å². The van der Waals surface area contributed by atoms with Gasteiger partial charge in [-0.15, -0.1) is 0 Å². The van der Waals surface area contributed by atoms with Gasteiger partial charge in [-0.1, -0.05) is 41.4 Å². The van der Waals surface area contributed by atoms with E-state index in [9.17, 15) is 18.4 Å². The van der Waals surface area contributed by atoms with Crippen molar-refractivity contribution in [2.24, 2.45) is 0 Å². The van der Waals surface area contributed by atoms with Crippen LogP contribution in [0.1, 0.15) is 27.0 Å². The van der Waals surface area contributed by atoms with E-state index in [4.69, 9.17) is 48.0 Å². The van der Waals surface area contributed by atoms with Gasteiger partial charge < -0.3 is 19.3 Å². The van der Waals surface area contributed by atoms with Gasteiger partial charge in [0.25, 0.3) is 0 Å². The molecule has 1 aliphatic heterocycles. The van der Waals surface area contributed by atoms with Gasteiger partial charge in [-0.3, -0.25) is 9.58 Å². The Labute approximate surface area is 260 Å². The summed E-state index contributed by atoms with van der Waals surface area (Å²) in [5.41, 5.74) is 0.851. The molecule has 1 N–H and O–H groups in total. The summed E-state index contributed by atoms with van der Waals surface area (Å²) in [6, 6.07) is 9.68. The summed E-state index contributed by atoms with van der Waals surface area (Å²) >= 11 is 12.2. The van der Waals surface area contributed by atoms with Crippen molar-refractivity contribution >= 4 is 41.0 Å². The maximum Gasteiger partial charge on any atom is 0.415 e. The smallest absolute Gasteiger partial charge is 0.415 e. The molecular formula is C30H25Cl2F2N3O6. The molecule has 1 atom stereocenters. The van der Waals surface area contributed by atoms with Crippen LogP contribution in [-0.2, 0) is 11.3 Å². The van der Waals surface area contributed by atoms with Crippen LogP contribution in [-0.4, -0.2) is 59.4 Å². The standard InChI is InChI=1S/C30H25Cl2F2N3O6/c1-17-23(31)5-3-7-27(17)41-8-9-42-30(40)37-20(12-33)16-43-28-21(4-2-6-26(28)37)19-13-35-36(14-19)15-22-24(32)10-18(29(38)39)11-25(22)34/h2-7,10-11,13-14,20H,8-9,12,15-16H2,1H3,(H,38,39)/i8D2,9D2. The molecule has 9 nitrogen and oxygen atoms in total. The zero-order valence-corrected chi connectivity index (χ0v) is 23.8. The summed E-state index contributed by atoms with van der Waals surface area (Å²) in [4.78, 5) is 25.5. The second-order valence-electron chi connectivity index (χ2n) is 9.33. The third kappa shape index (κ3) is 6.37. The first-order valence-corrected chi connectivity index (χ1v) is 13.4. The lowest BCUT2D eigenvalue weighted by molar-refractivity contribution is 0.0696. The molecule has 43 heavy (non-hydrogen) atoms. The Morgan fingerprint density at radius 2 is 1.98 bits per heavy atom. The number of anilines is 1. The Bertz CT molecular complexity index is 1840. The van der Waals surface area contributed by atoms with Gasteiger partial charge >= 0.3 is 12.1 Å². The zero-order valence-electron chi connectivity index (χ0n) is 26.3. The van der Waals surface area contributed by atoms with Crippen LogP contribution in [0.15, 0.2) is 60.9 Å². The second kappa shape index (κ2) is 12.9. The number of para-hydroxylation sites is 1. The molecule has 13 heteroatoms. The third-order valence-corrected chi connectivity index (χ3v) is 7.37. The number of amides is 1. The van der Waals surface area contributed by atoms with Crippen LogP contribution in [0.5, 0.6) is 11.5 Å². The van der Waals surface area contributed by atoms with E-state index in [0.29, 0.717) is 16.7 Å². The highest BCUT2D eigenvalue weighted by atomic mass is 35.5. The molecule has 0 bridgehead atoms. The number of ether oxygens (including phenoxy) is 3. The molecule has 2 heterocycles. The normalized spacial score (nSPS) is 16.2. The average molecular weight is 636 g/mol. The number of carboxylic acids is 1. The number of aromatic nitrogens is 2. The Morgan fingerprint density at radius 1 is 1.19 bits per heavy atom. The number of hydrogen-bond donors (Lipinski definition) is 1. The maximum absolute atomic E-state index is 14.7. The minimum Gasteiger partial charge on any atom is -0.490 e. The second-order valence-corrected chi connectivity index (χ2v) is 10.1. The van der Waals surface area contributed by atoms with Crippen LogP contribution < -0.4 is 14.4 Å².